The van der Waals surface area contributed by atoms with Crippen LogP contribution < -0.4 is 32.3 Å². The van der Waals surface area contributed by atoms with E-state index in [-0.39, 0.29) is 17.4 Å². The molecule has 3 aromatic rings. The Hall–Kier alpha value is -3.64. The van der Waals surface area contributed by atoms with Crippen molar-refractivity contribution in [1.29, 1.82) is 0 Å². The van der Waals surface area contributed by atoms with Crippen molar-refractivity contribution in [3.05, 3.63) is 89.5 Å². The van der Waals surface area contributed by atoms with Gasteiger partial charge in [-0.2, -0.15) is 0 Å². The van der Waals surface area contributed by atoms with Gasteiger partial charge in [0.05, 0.1) is 12.0 Å². The molecule has 0 radical (unpaired) electrons. The average Bonchev–Trinajstić information content (AvgIpc) is 3.06. The van der Waals surface area contributed by atoms with Crippen molar-refractivity contribution in [2.45, 2.75) is 40.5 Å². The van der Waals surface area contributed by atoms with Gasteiger partial charge in [-0.25, -0.2) is 0 Å². The molecule has 0 saturated heterocycles. The molecule has 0 fully saturated rings. The summed E-state index contributed by atoms with van der Waals surface area (Å²) in [7, 11) is 1.93. The van der Waals surface area contributed by atoms with E-state index in [1.54, 1.807) is 24.3 Å². The lowest BCUT2D eigenvalue weighted by Gasteiger charge is -2.22. The van der Waals surface area contributed by atoms with Gasteiger partial charge in [-0.15, -0.1) is 0 Å². The van der Waals surface area contributed by atoms with Crippen LogP contribution in [0.2, 0.25) is 0 Å². The van der Waals surface area contributed by atoms with Crippen LogP contribution in [-0.2, 0) is 12.8 Å². The summed E-state index contributed by atoms with van der Waals surface area (Å²) in [5.74, 6) is 0.0240. The lowest BCUT2D eigenvalue weighted by molar-refractivity contribution is 0.0933. The summed E-state index contributed by atoms with van der Waals surface area (Å²) in [5.41, 5.74) is 13.1. The third-order valence-corrected chi connectivity index (χ3v) is 7.00. The second kappa shape index (κ2) is 23.7. The van der Waals surface area contributed by atoms with Crippen LogP contribution in [0.1, 0.15) is 49.2 Å². The van der Waals surface area contributed by atoms with Crippen molar-refractivity contribution in [1.82, 2.24) is 15.5 Å². The summed E-state index contributed by atoms with van der Waals surface area (Å²) in [5, 5.41) is 16.0. The molecule has 8 nitrogen and oxygen atoms in total. The smallest absolute Gasteiger partial charge is 0.176 e. The van der Waals surface area contributed by atoms with Crippen molar-refractivity contribution in [2.24, 2.45) is 5.73 Å². The third-order valence-electron chi connectivity index (χ3n) is 6.48. The van der Waals surface area contributed by atoms with Crippen LogP contribution in [0, 0.1) is 0 Å². The number of nitrogens with zero attached hydrogens (tertiary/aromatic N) is 1. The number of Topliss-reactive ketones (excluding diaryl/α,β-unsaturated/α-hetero) is 1. The SMILES string of the molecule is CC.CCc1ccc(NC(=S)NCCN(CCNC=S)CC(=O)c2ccc(NC(N)=S)cc2)cc1.CCc1ccc(NC)cc1. The van der Waals surface area contributed by atoms with Crippen molar-refractivity contribution < 1.29 is 4.79 Å². The zero-order valence-corrected chi connectivity index (χ0v) is 29.6. The molecule has 0 saturated carbocycles. The molecule has 3 rings (SSSR count). The molecule has 7 N–H and O–H groups in total. The number of rotatable bonds is 15. The molecule has 45 heavy (non-hydrogen) atoms. The van der Waals surface area contributed by atoms with Gasteiger partial charge < -0.3 is 32.3 Å². The molecule has 0 unspecified atom stereocenters. The van der Waals surface area contributed by atoms with E-state index in [0.717, 1.165) is 24.2 Å². The van der Waals surface area contributed by atoms with Crippen molar-refractivity contribution in [2.75, 3.05) is 55.7 Å². The van der Waals surface area contributed by atoms with E-state index in [1.165, 1.54) is 22.3 Å². The lowest BCUT2D eigenvalue weighted by Crippen LogP contribution is -2.41. The largest absolute Gasteiger partial charge is 0.388 e. The molecule has 0 bridgehead atoms. The van der Waals surface area contributed by atoms with E-state index < -0.39 is 0 Å². The number of ketones is 1. The number of benzene rings is 3. The van der Waals surface area contributed by atoms with E-state index in [2.05, 4.69) is 81.7 Å². The summed E-state index contributed by atoms with van der Waals surface area (Å²) < 4.78 is 0. The Bertz CT molecular complexity index is 1260. The number of hydrogen-bond donors (Lipinski definition) is 6. The Morgan fingerprint density at radius 2 is 1.27 bits per heavy atom. The molecule has 0 aliphatic rings. The number of nitrogens with two attached hydrogens (primary N) is 1. The second-order valence-corrected chi connectivity index (χ2v) is 10.7. The van der Waals surface area contributed by atoms with Gasteiger partial charge in [0.25, 0.3) is 0 Å². The third kappa shape index (κ3) is 16.9. The fraction of sp³-hybridized carbons (Fsp3) is 0.353. The number of thiocarbonyl (C=S) groups is 3. The van der Waals surface area contributed by atoms with E-state index in [0.29, 0.717) is 36.9 Å². The van der Waals surface area contributed by atoms with Crippen molar-refractivity contribution in [3.8, 4) is 0 Å². The van der Waals surface area contributed by atoms with E-state index in [4.69, 9.17) is 42.4 Å². The first-order valence-electron chi connectivity index (χ1n) is 15.3. The Labute approximate surface area is 285 Å². The maximum atomic E-state index is 12.8. The summed E-state index contributed by atoms with van der Waals surface area (Å²) in [6.07, 6.45) is 2.11. The first kappa shape index (κ1) is 39.4. The monoisotopic (exact) mass is 667 g/mol. The van der Waals surface area contributed by atoms with E-state index >= 15 is 0 Å². The Kier molecular flexibility index (Phi) is 20.7. The number of carbonyl (C=O) groups is 1. The van der Waals surface area contributed by atoms with Crippen molar-refractivity contribution in [3.63, 3.8) is 0 Å². The van der Waals surface area contributed by atoms with Crippen LogP contribution >= 0.6 is 36.7 Å². The van der Waals surface area contributed by atoms with E-state index in [9.17, 15) is 4.79 Å². The highest BCUT2D eigenvalue weighted by Crippen LogP contribution is 2.12. The minimum Gasteiger partial charge on any atom is -0.388 e. The molecule has 0 aliphatic heterocycles. The number of nitrogens with one attached hydrogen (secondary N) is 5. The van der Waals surface area contributed by atoms with Crippen LogP contribution in [0.4, 0.5) is 17.1 Å². The van der Waals surface area contributed by atoms with Gasteiger partial charge >= 0.3 is 0 Å². The van der Waals surface area contributed by atoms with Gasteiger partial charge in [0.2, 0.25) is 0 Å². The first-order chi connectivity index (χ1) is 21.8. The van der Waals surface area contributed by atoms with E-state index in [1.807, 2.05) is 33.0 Å². The fourth-order valence-corrected chi connectivity index (χ4v) is 4.42. The minimum absolute atomic E-state index is 0.0240. The van der Waals surface area contributed by atoms with Crippen LogP contribution in [0.25, 0.3) is 0 Å². The Morgan fingerprint density at radius 1 is 0.778 bits per heavy atom. The standard InChI is InChI=1S/C23H30N6OS3.C9H13N.C2H6/c1-2-17-3-7-20(8-4-17)28-23(33)26-12-14-29(13-11-25-16-31)15-21(30)18-5-9-19(10-6-18)27-22(24)32;1-3-8-4-6-9(10-2)7-5-8;1-2/h3-10,16H,2,11-15H2,1H3,(H,25,31)(H3,24,27,32)(H2,26,28,33);4-7,10H,3H2,1-2H3;1-2H3. The van der Waals surface area contributed by atoms with Gasteiger partial charge in [-0.05, 0) is 96.9 Å². The summed E-state index contributed by atoms with van der Waals surface area (Å²) in [6.45, 7) is 11.1. The molecule has 0 spiro atoms. The minimum atomic E-state index is 0.0240. The Balaban J connectivity index is 0.000000707. The average molecular weight is 668 g/mol. The normalized spacial score (nSPS) is 9.82. The highest BCUT2D eigenvalue weighted by atomic mass is 32.1. The highest BCUT2D eigenvalue weighted by molar-refractivity contribution is 7.80. The van der Waals surface area contributed by atoms with Crippen LogP contribution in [0.3, 0.4) is 0 Å². The molecule has 3 aromatic carbocycles. The molecule has 0 aliphatic carbocycles. The first-order valence-corrected chi connectivity index (χ1v) is 16.6. The molecular weight excluding hydrogens is 619 g/mol. The maximum Gasteiger partial charge on any atom is 0.176 e. The van der Waals surface area contributed by atoms with Gasteiger partial charge in [0.1, 0.15) is 0 Å². The maximum absolute atomic E-state index is 12.8. The van der Waals surface area contributed by atoms with Crippen LogP contribution in [0.5, 0.6) is 0 Å². The predicted molar refractivity (Wildman–Crippen MR) is 206 cm³/mol. The zero-order chi connectivity index (χ0) is 33.5. The summed E-state index contributed by atoms with van der Waals surface area (Å²) >= 11 is 15.1. The molecule has 0 aromatic heterocycles. The summed E-state index contributed by atoms with van der Waals surface area (Å²) in [6, 6.07) is 23.7. The Morgan fingerprint density at radius 3 is 1.76 bits per heavy atom. The number of anilines is 3. The zero-order valence-electron chi connectivity index (χ0n) is 27.1. The molecular formula is C34H49N7OS3. The predicted octanol–water partition coefficient (Wildman–Crippen LogP) is 6.24. The number of carbonyl (C=O) groups excluding carboxylic acids is 1. The van der Waals surface area contributed by atoms with Crippen LogP contribution in [-0.4, -0.2) is 66.2 Å². The second-order valence-electron chi connectivity index (χ2n) is 9.57. The van der Waals surface area contributed by atoms with Crippen LogP contribution in [0.15, 0.2) is 72.8 Å². The summed E-state index contributed by atoms with van der Waals surface area (Å²) in [4.78, 5) is 14.8. The van der Waals surface area contributed by atoms with Gasteiger partial charge in [-0.3, -0.25) is 9.69 Å². The quantitative estimate of drug-likeness (QED) is 0.0631. The highest BCUT2D eigenvalue weighted by Gasteiger charge is 2.13. The molecule has 11 heteroatoms. The number of hydrogen-bond acceptors (Lipinski definition) is 6. The molecule has 0 atom stereocenters. The van der Waals surface area contributed by atoms with Gasteiger partial charge in [-0.1, -0.05) is 64.2 Å². The molecule has 0 heterocycles. The topological polar surface area (TPSA) is 106 Å². The lowest BCUT2D eigenvalue weighted by atomic mass is 10.1. The van der Waals surface area contributed by atoms with Crippen molar-refractivity contribution >= 4 is 75.2 Å². The molecule has 0 amide bonds. The number of aryl methyl sites for hydroxylation is 2. The van der Waals surface area contributed by atoms with Gasteiger partial charge in [0, 0.05) is 55.9 Å². The van der Waals surface area contributed by atoms with Gasteiger partial charge in [0.15, 0.2) is 16.0 Å². The molecule has 244 valence electrons. The fourth-order valence-electron chi connectivity index (χ4n) is 3.96.